The van der Waals surface area contributed by atoms with Gasteiger partial charge in [-0.2, -0.15) is 4.98 Å². The van der Waals surface area contributed by atoms with Crippen molar-refractivity contribution < 1.29 is 18.4 Å². The van der Waals surface area contributed by atoms with Gasteiger partial charge in [-0.3, -0.25) is 0 Å². The molecule has 148 valence electrons. The Bertz CT molecular complexity index is 1060. The number of rotatable bonds is 8. The van der Waals surface area contributed by atoms with Gasteiger partial charge in [0, 0.05) is 18.1 Å². The third kappa shape index (κ3) is 4.75. The zero-order chi connectivity index (χ0) is 20.1. The minimum atomic E-state index is 0.375. The van der Waals surface area contributed by atoms with Crippen LogP contribution in [0.25, 0.3) is 11.5 Å². The molecule has 0 unspecified atom stereocenters. The van der Waals surface area contributed by atoms with Crippen LogP contribution >= 0.6 is 11.8 Å². The second kappa shape index (κ2) is 8.78. The Morgan fingerprint density at radius 3 is 2.45 bits per heavy atom. The summed E-state index contributed by atoms with van der Waals surface area (Å²) in [6, 6.07) is 15.4. The highest BCUT2D eigenvalue weighted by atomic mass is 32.2. The zero-order valence-corrected chi connectivity index (χ0v) is 16.7. The van der Waals surface area contributed by atoms with Crippen LogP contribution in [0.1, 0.15) is 17.3 Å². The molecule has 0 aliphatic rings. The number of hydrogen-bond acceptors (Lipinski definition) is 9. The van der Waals surface area contributed by atoms with E-state index in [0.717, 1.165) is 5.56 Å². The van der Waals surface area contributed by atoms with E-state index in [1.807, 2.05) is 30.3 Å². The van der Waals surface area contributed by atoms with Crippen molar-refractivity contribution in [2.75, 3.05) is 14.2 Å². The average Bonchev–Trinajstić information content (AvgIpc) is 3.42. The Labute approximate surface area is 171 Å². The summed E-state index contributed by atoms with van der Waals surface area (Å²) >= 11 is 1.33. The van der Waals surface area contributed by atoms with E-state index in [-0.39, 0.29) is 0 Å². The maximum absolute atomic E-state index is 5.73. The van der Waals surface area contributed by atoms with Crippen LogP contribution in [-0.2, 0) is 12.2 Å². The van der Waals surface area contributed by atoms with Crippen LogP contribution in [0.3, 0.4) is 0 Å². The molecular formula is C20H18N4O4S. The molecule has 0 aliphatic heterocycles. The second-order valence-corrected chi connectivity index (χ2v) is 6.96. The van der Waals surface area contributed by atoms with Crippen molar-refractivity contribution in [1.29, 1.82) is 0 Å². The number of hydrogen-bond donors (Lipinski definition) is 0. The Kier molecular flexibility index (Phi) is 5.76. The molecule has 0 bridgehead atoms. The van der Waals surface area contributed by atoms with Crippen molar-refractivity contribution in [3.05, 3.63) is 65.8 Å². The Morgan fingerprint density at radius 2 is 1.72 bits per heavy atom. The number of thioether (sulfide) groups is 1. The van der Waals surface area contributed by atoms with Crippen LogP contribution in [0.2, 0.25) is 0 Å². The van der Waals surface area contributed by atoms with Gasteiger partial charge in [0.1, 0.15) is 11.5 Å². The van der Waals surface area contributed by atoms with E-state index in [9.17, 15) is 0 Å². The molecule has 2 aromatic heterocycles. The minimum Gasteiger partial charge on any atom is -0.497 e. The average molecular weight is 410 g/mol. The number of methoxy groups -OCH3 is 2. The fraction of sp³-hybridized carbons (Fsp3) is 0.200. The third-order valence-electron chi connectivity index (χ3n) is 4.04. The Balaban J connectivity index is 1.40. The molecule has 29 heavy (non-hydrogen) atoms. The van der Waals surface area contributed by atoms with Crippen molar-refractivity contribution >= 4 is 11.8 Å². The highest BCUT2D eigenvalue weighted by Crippen LogP contribution is 2.31. The van der Waals surface area contributed by atoms with Gasteiger partial charge in [-0.05, 0) is 17.7 Å². The molecule has 0 saturated heterocycles. The summed E-state index contributed by atoms with van der Waals surface area (Å²) in [5.74, 6) is 3.24. The summed E-state index contributed by atoms with van der Waals surface area (Å²) in [7, 11) is 3.17. The summed E-state index contributed by atoms with van der Waals surface area (Å²) in [5.41, 5.74) is 1.84. The van der Waals surface area contributed by atoms with Crippen LogP contribution in [0.4, 0.5) is 0 Å². The highest BCUT2D eigenvalue weighted by Gasteiger charge is 2.14. The third-order valence-corrected chi connectivity index (χ3v) is 4.84. The maximum Gasteiger partial charge on any atom is 0.277 e. The van der Waals surface area contributed by atoms with E-state index in [2.05, 4.69) is 20.3 Å². The van der Waals surface area contributed by atoms with E-state index in [4.69, 9.17) is 18.4 Å². The predicted octanol–water partition coefficient (Wildman–Crippen LogP) is 4.02. The normalized spacial score (nSPS) is 10.8. The molecule has 4 rings (SSSR count). The van der Waals surface area contributed by atoms with Gasteiger partial charge in [0.2, 0.25) is 11.8 Å². The first-order chi connectivity index (χ1) is 14.2. The minimum absolute atomic E-state index is 0.375. The van der Waals surface area contributed by atoms with Crippen molar-refractivity contribution in [2.45, 2.75) is 17.4 Å². The van der Waals surface area contributed by atoms with Gasteiger partial charge < -0.3 is 18.4 Å². The van der Waals surface area contributed by atoms with Gasteiger partial charge in [0.15, 0.2) is 5.82 Å². The fourth-order valence-electron chi connectivity index (χ4n) is 2.64. The Hall–Kier alpha value is -3.33. The quantitative estimate of drug-likeness (QED) is 0.399. The lowest BCUT2D eigenvalue weighted by Crippen LogP contribution is -1.90. The molecule has 0 N–H and O–H groups in total. The predicted molar refractivity (Wildman–Crippen MR) is 106 cm³/mol. The Morgan fingerprint density at radius 1 is 0.966 bits per heavy atom. The van der Waals surface area contributed by atoms with Gasteiger partial charge in [-0.1, -0.05) is 47.3 Å². The van der Waals surface area contributed by atoms with Gasteiger partial charge in [0.25, 0.3) is 5.22 Å². The fourth-order valence-corrected chi connectivity index (χ4v) is 3.24. The molecular weight excluding hydrogens is 392 g/mol. The summed E-state index contributed by atoms with van der Waals surface area (Å²) in [6.45, 7) is 0. The number of benzene rings is 2. The maximum atomic E-state index is 5.73. The molecule has 8 nitrogen and oxygen atoms in total. The van der Waals surface area contributed by atoms with Gasteiger partial charge in [-0.15, -0.1) is 10.2 Å². The van der Waals surface area contributed by atoms with Crippen LogP contribution in [0, 0.1) is 0 Å². The van der Waals surface area contributed by atoms with E-state index >= 15 is 0 Å². The SMILES string of the molecule is COc1cc(OC)cc(-c2nnc(SCc3nc(Cc4ccccc4)no3)o2)c1. The van der Waals surface area contributed by atoms with E-state index in [1.165, 1.54) is 11.8 Å². The van der Waals surface area contributed by atoms with Gasteiger partial charge in [-0.25, -0.2) is 0 Å². The van der Waals surface area contributed by atoms with Crippen molar-refractivity contribution in [1.82, 2.24) is 20.3 Å². The molecule has 2 aromatic carbocycles. The summed E-state index contributed by atoms with van der Waals surface area (Å²) in [6.07, 6.45) is 0.622. The number of ether oxygens (including phenoxy) is 2. The topological polar surface area (TPSA) is 96.3 Å². The lowest BCUT2D eigenvalue weighted by molar-refractivity contribution is 0.385. The van der Waals surface area contributed by atoms with Crippen LogP contribution in [0.5, 0.6) is 11.5 Å². The molecule has 0 spiro atoms. The smallest absolute Gasteiger partial charge is 0.277 e. The first-order valence-corrected chi connectivity index (χ1v) is 9.77. The highest BCUT2D eigenvalue weighted by molar-refractivity contribution is 7.98. The molecule has 9 heteroatoms. The summed E-state index contributed by atoms with van der Waals surface area (Å²) < 4.78 is 21.6. The first-order valence-electron chi connectivity index (χ1n) is 8.78. The molecule has 0 radical (unpaired) electrons. The first kappa shape index (κ1) is 19.0. The number of nitrogens with zero attached hydrogens (tertiary/aromatic N) is 4. The van der Waals surface area contributed by atoms with Crippen LogP contribution in [0.15, 0.2) is 62.7 Å². The monoisotopic (exact) mass is 410 g/mol. The molecule has 0 atom stereocenters. The molecule has 0 fully saturated rings. The van der Waals surface area contributed by atoms with E-state index in [1.54, 1.807) is 32.4 Å². The summed E-state index contributed by atoms with van der Waals surface area (Å²) in [5, 5.41) is 12.6. The van der Waals surface area contributed by atoms with Gasteiger partial charge in [0.05, 0.1) is 20.0 Å². The van der Waals surface area contributed by atoms with Crippen LogP contribution in [-0.4, -0.2) is 34.6 Å². The lowest BCUT2D eigenvalue weighted by atomic mass is 10.1. The number of aromatic nitrogens is 4. The van der Waals surface area contributed by atoms with E-state index in [0.29, 0.717) is 52.1 Å². The lowest BCUT2D eigenvalue weighted by Gasteiger charge is -2.05. The van der Waals surface area contributed by atoms with Gasteiger partial charge >= 0.3 is 0 Å². The van der Waals surface area contributed by atoms with Crippen LogP contribution < -0.4 is 9.47 Å². The molecule has 4 aromatic rings. The molecule has 0 amide bonds. The second-order valence-electron chi connectivity index (χ2n) is 6.03. The largest absolute Gasteiger partial charge is 0.497 e. The van der Waals surface area contributed by atoms with Crippen molar-refractivity contribution in [3.8, 4) is 23.0 Å². The molecule has 0 saturated carbocycles. The molecule has 0 aliphatic carbocycles. The summed E-state index contributed by atoms with van der Waals surface area (Å²) in [4.78, 5) is 4.41. The molecule has 2 heterocycles. The zero-order valence-electron chi connectivity index (χ0n) is 15.9. The van der Waals surface area contributed by atoms with E-state index < -0.39 is 0 Å². The van der Waals surface area contributed by atoms with Crippen molar-refractivity contribution in [3.63, 3.8) is 0 Å². The standard InChI is InChI=1S/C20H18N4O4S/c1-25-15-9-14(10-16(11-15)26-2)19-22-23-20(27-19)29-12-18-21-17(24-28-18)8-13-6-4-3-5-7-13/h3-7,9-11H,8,12H2,1-2H3. The van der Waals surface area contributed by atoms with Crippen molar-refractivity contribution in [2.24, 2.45) is 0 Å².